The van der Waals surface area contributed by atoms with E-state index in [0.29, 0.717) is 5.41 Å². The monoisotopic (exact) mass is 224 g/mol. The summed E-state index contributed by atoms with van der Waals surface area (Å²) in [7, 11) is 0. The Morgan fingerprint density at radius 2 is 2.12 bits per heavy atom. The number of hydrogen-bond acceptors (Lipinski definition) is 1. The normalized spacial score (nSPS) is 37.6. The van der Waals surface area contributed by atoms with Gasteiger partial charge in [-0.15, -0.1) is 0 Å². The lowest BCUT2D eigenvalue weighted by molar-refractivity contribution is -0.142. The third-order valence-electron chi connectivity index (χ3n) is 5.39. The molecular formula is C14H24O2. The van der Waals surface area contributed by atoms with E-state index in [2.05, 4.69) is 13.8 Å². The van der Waals surface area contributed by atoms with E-state index in [1.165, 1.54) is 19.3 Å². The highest BCUT2D eigenvalue weighted by atomic mass is 16.4. The molecule has 0 amide bonds. The van der Waals surface area contributed by atoms with E-state index in [1.807, 2.05) is 6.92 Å². The molecule has 92 valence electrons. The lowest BCUT2D eigenvalue weighted by Crippen LogP contribution is -2.52. The van der Waals surface area contributed by atoms with Gasteiger partial charge in [0.2, 0.25) is 0 Å². The minimum atomic E-state index is -0.637. The molecule has 0 aliphatic heterocycles. The molecule has 2 heteroatoms. The maximum Gasteiger partial charge on any atom is 0.306 e. The molecule has 2 nitrogen and oxygen atoms in total. The lowest BCUT2D eigenvalue weighted by atomic mass is 9.45. The van der Waals surface area contributed by atoms with Crippen LogP contribution in [0.25, 0.3) is 0 Å². The van der Waals surface area contributed by atoms with Crippen LogP contribution < -0.4 is 0 Å². The molecule has 3 aliphatic carbocycles. The first-order chi connectivity index (χ1) is 7.43. The molecule has 0 aromatic carbocycles. The van der Waals surface area contributed by atoms with Crippen LogP contribution in [0.5, 0.6) is 0 Å². The van der Waals surface area contributed by atoms with Crippen LogP contribution in [0.3, 0.4) is 0 Å². The Morgan fingerprint density at radius 1 is 1.44 bits per heavy atom. The molecule has 4 unspecified atom stereocenters. The second-order valence-electron chi connectivity index (χ2n) is 6.51. The molecule has 3 aliphatic rings. The number of hydrogen-bond donors (Lipinski definition) is 1. The van der Waals surface area contributed by atoms with Gasteiger partial charge >= 0.3 is 5.97 Å². The average Bonchev–Trinajstić information content (AvgIpc) is 2.25. The van der Waals surface area contributed by atoms with Gasteiger partial charge in [-0.05, 0) is 55.3 Å². The van der Waals surface area contributed by atoms with Crippen LogP contribution in [-0.4, -0.2) is 11.1 Å². The van der Waals surface area contributed by atoms with Gasteiger partial charge < -0.3 is 5.11 Å². The topological polar surface area (TPSA) is 37.3 Å². The van der Waals surface area contributed by atoms with E-state index in [1.54, 1.807) is 0 Å². The van der Waals surface area contributed by atoms with Crippen molar-refractivity contribution in [2.45, 2.75) is 52.9 Å². The van der Waals surface area contributed by atoms with Crippen molar-refractivity contribution in [1.82, 2.24) is 0 Å². The smallest absolute Gasteiger partial charge is 0.306 e. The van der Waals surface area contributed by atoms with Gasteiger partial charge in [0.25, 0.3) is 0 Å². The first kappa shape index (κ1) is 11.9. The van der Waals surface area contributed by atoms with E-state index in [-0.39, 0.29) is 5.92 Å². The summed E-state index contributed by atoms with van der Waals surface area (Å²) in [6.07, 6.45) is 6.09. The molecule has 0 aromatic heterocycles. The minimum absolute atomic E-state index is 0.166. The van der Waals surface area contributed by atoms with Crippen molar-refractivity contribution < 1.29 is 9.90 Å². The third-order valence-corrected chi connectivity index (χ3v) is 5.39. The molecule has 4 atom stereocenters. The predicted octanol–water partition coefficient (Wildman–Crippen LogP) is 3.56. The Hall–Kier alpha value is -0.530. The number of fused-ring (bicyclic) bond motifs is 2. The van der Waals surface area contributed by atoms with E-state index in [0.717, 1.165) is 30.6 Å². The number of carboxylic acid groups (broad SMARTS) is 1. The Labute approximate surface area is 98.4 Å². The zero-order valence-electron chi connectivity index (χ0n) is 10.7. The predicted molar refractivity (Wildman–Crippen MR) is 64.1 cm³/mol. The van der Waals surface area contributed by atoms with Crippen LogP contribution in [0, 0.1) is 29.1 Å². The van der Waals surface area contributed by atoms with Gasteiger partial charge in [-0.3, -0.25) is 4.79 Å². The van der Waals surface area contributed by atoms with Crippen LogP contribution in [0.15, 0.2) is 0 Å². The first-order valence-corrected chi connectivity index (χ1v) is 6.65. The van der Waals surface area contributed by atoms with Crippen LogP contribution in [0.2, 0.25) is 0 Å². The summed E-state index contributed by atoms with van der Waals surface area (Å²) in [6, 6.07) is 0. The first-order valence-electron chi connectivity index (χ1n) is 6.65. The van der Waals surface area contributed by atoms with Crippen molar-refractivity contribution in [3.05, 3.63) is 0 Å². The van der Waals surface area contributed by atoms with Gasteiger partial charge in [0.05, 0.1) is 5.92 Å². The molecule has 1 N–H and O–H groups in total. The molecule has 3 saturated carbocycles. The van der Waals surface area contributed by atoms with Crippen LogP contribution in [0.4, 0.5) is 0 Å². The zero-order chi connectivity index (χ0) is 11.9. The fourth-order valence-electron chi connectivity index (χ4n) is 3.90. The van der Waals surface area contributed by atoms with E-state index >= 15 is 0 Å². The maximum atomic E-state index is 10.8. The highest BCUT2D eigenvalue weighted by molar-refractivity contribution is 5.69. The van der Waals surface area contributed by atoms with Gasteiger partial charge in [0.1, 0.15) is 0 Å². The average molecular weight is 224 g/mol. The van der Waals surface area contributed by atoms with Gasteiger partial charge in [0, 0.05) is 0 Å². The Balaban J connectivity index is 1.85. The quantitative estimate of drug-likeness (QED) is 0.792. The molecule has 0 spiro atoms. The largest absolute Gasteiger partial charge is 0.481 e. The van der Waals surface area contributed by atoms with Gasteiger partial charge in [-0.1, -0.05) is 20.8 Å². The van der Waals surface area contributed by atoms with E-state index < -0.39 is 5.97 Å². The zero-order valence-corrected chi connectivity index (χ0v) is 10.7. The number of carbonyl (C=O) groups is 1. The second kappa shape index (κ2) is 4.05. The second-order valence-corrected chi connectivity index (χ2v) is 6.51. The van der Waals surface area contributed by atoms with Gasteiger partial charge in [0.15, 0.2) is 0 Å². The fraction of sp³-hybridized carbons (Fsp3) is 0.929. The van der Waals surface area contributed by atoms with Crippen LogP contribution in [-0.2, 0) is 4.79 Å². The van der Waals surface area contributed by atoms with Crippen LogP contribution >= 0.6 is 0 Å². The van der Waals surface area contributed by atoms with Crippen molar-refractivity contribution in [1.29, 1.82) is 0 Å². The highest BCUT2D eigenvalue weighted by Crippen LogP contribution is 2.62. The van der Waals surface area contributed by atoms with Gasteiger partial charge in [-0.25, -0.2) is 0 Å². The van der Waals surface area contributed by atoms with Crippen LogP contribution in [0.1, 0.15) is 52.9 Å². The number of rotatable bonds is 4. The summed E-state index contributed by atoms with van der Waals surface area (Å²) in [4.78, 5) is 10.8. The summed E-state index contributed by atoms with van der Waals surface area (Å²) in [6.45, 7) is 6.64. The van der Waals surface area contributed by atoms with Crippen molar-refractivity contribution in [2.75, 3.05) is 0 Å². The summed E-state index contributed by atoms with van der Waals surface area (Å²) >= 11 is 0. The van der Waals surface area contributed by atoms with Crippen molar-refractivity contribution in [3.8, 4) is 0 Å². The molecule has 2 bridgehead atoms. The minimum Gasteiger partial charge on any atom is -0.481 e. The molecule has 16 heavy (non-hydrogen) atoms. The Kier molecular flexibility index (Phi) is 3.02. The number of aliphatic carboxylic acids is 1. The molecule has 0 aromatic rings. The fourth-order valence-corrected chi connectivity index (χ4v) is 3.90. The Bertz CT molecular complexity index is 280. The standard InChI is InChI=1S/C14H24O2/c1-9(13(15)16)4-5-10-6-7-11-8-12(10)14(11,2)3/h9-12H,4-8H2,1-3H3,(H,15,16). The highest BCUT2D eigenvalue weighted by Gasteiger charge is 2.53. The van der Waals surface area contributed by atoms with Crippen molar-refractivity contribution >= 4 is 5.97 Å². The molecule has 0 radical (unpaired) electrons. The lowest BCUT2D eigenvalue weighted by Gasteiger charge is -2.60. The number of carboxylic acids is 1. The summed E-state index contributed by atoms with van der Waals surface area (Å²) < 4.78 is 0. The summed E-state index contributed by atoms with van der Waals surface area (Å²) in [5.41, 5.74) is 0.537. The molecular weight excluding hydrogens is 200 g/mol. The van der Waals surface area contributed by atoms with Gasteiger partial charge in [-0.2, -0.15) is 0 Å². The molecule has 0 heterocycles. The molecule has 3 rings (SSSR count). The Morgan fingerprint density at radius 3 is 2.62 bits per heavy atom. The molecule has 0 saturated heterocycles. The van der Waals surface area contributed by atoms with E-state index in [4.69, 9.17) is 5.11 Å². The summed E-state index contributed by atoms with van der Waals surface area (Å²) in [5.74, 6) is 1.81. The third kappa shape index (κ3) is 1.87. The van der Waals surface area contributed by atoms with Crippen molar-refractivity contribution in [3.63, 3.8) is 0 Å². The van der Waals surface area contributed by atoms with E-state index in [9.17, 15) is 4.79 Å². The SMILES string of the molecule is CC(CCC1CCC2CC1C2(C)C)C(=O)O. The molecule has 3 fully saturated rings. The summed E-state index contributed by atoms with van der Waals surface area (Å²) in [5, 5.41) is 8.89. The van der Waals surface area contributed by atoms with Crippen molar-refractivity contribution in [2.24, 2.45) is 29.1 Å². The maximum absolute atomic E-state index is 10.8.